The van der Waals surface area contributed by atoms with E-state index in [0.29, 0.717) is 0 Å². The number of nitrogens with zero attached hydrogens (tertiary/aromatic N) is 2. The Morgan fingerprint density at radius 1 is 1.28 bits per heavy atom. The van der Waals surface area contributed by atoms with Crippen LogP contribution in [-0.4, -0.2) is 80.6 Å². The summed E-state index contributed by atoms with van der Waals surface area (Å²) >= 11 is 0. The fourth-order valence-electron chi connectivity index (χ4n) is 3.59. The van der Waals surface area contributed by atoms with Crippen LogP contribution >= 0.6 is 0 Å². The van der Waals surface area contributed by atoms with Crippen LogP contribution in [0.2, 0.25) is 0 Å². The highest BCUT2D eigenvalue weighted by atomic mass is 16.7. The van der Waals surface area contributed by atoms with E-state index in [-0.39, 0.29) is 6.61 Å². The summed E-state index contributed by atoms with van der Waals surface area (Å²) in [6, 6.07) is 0. The van der Waals surface area contributed by atoms with Gasteiger partial charge in [-0.05, 0) is 0 Å². The molecule has 25 heavy (non-hydrogen) atoms. The predicted molar refractivity (Wildman–Crippen MR) is 84.9 cm³/mol. The van der Waals surface area contributed by atoms with Crippen molar-refractivity contribution in [1.82, 2.24) is 9.96 Å². The highest BCUT2D eigenvalue weighted by molar-refractivity contribution is 6.07. The Hall–Kier alpha value is -1.71. The molecule has 0 unspecified atom stereocenters. The van der Waals surface area contributed by atoms with E-state index in [4.69, 9.17) is 19.0 Å². The fraction of sp³-hybridized carbons (Fsp3) is 0.812. The van der Waals surface area contributed by atoms with Gasteiger partial charge in [-0.2, -0.15) is 0 Å². The van der Waals surface area contributed by atoms with E-state index in [0.717, 1.165) is 5.06 Å². The lowest BCUT2D eigenvalue weighted by Crippen LogP contribution is -2.60. The van der Waals surface area contributed by atoms with Gasteiger partial charge in [0, 0.05) is 19.6 Å². The van der Waals surface area contributed by atoms with Crippen LogP contribution < -0.4 is 0 Å². The van der Waals surface area contributed by atoms with Crippen molar-refractivity contribution in [1.29, 1.82) is 0 Å². The Labute approximate surface area is 147 Å². The summed E-state index contributed by atoms with van der Waals surface area (Å²) in [5.41, 5.74) is -1.98. The monoisotopic (exact) mass is 358 g/mol. The van der Waals surface area contributed by atoms with Crippen LogP contribution in [0.25, 0.3) is 0 Å². The van der Waals surface area contributed by atoms with Crippen molar-refractivity contribution >= 4 is 17.8 Å². The third-order valence-electron chi connectivity index (χ3n) is 4.79. The predicted octanol–water partition coefficient (Wildman–Crippen LogP) is -0.206. The molecule has 4 atom stereocenters. The van der Waals surface area contributed by atoms with E-state index in [2.05, 4.69) is 0 Å². The zero-order valence-electron chi connectivity index (χ0n) is 15.7. The van der Waals surface area contributed by atoms with Crippen molar-refractivity contribution in [2.75, 3.05) is 35.0 Å². The summed E-state index contributed by atoms with van der Waals surface area (Å²) < 4.78 is 16.2. The van der Waals surface area contributed by atoms with Crippen molar-refractivity contribution < 1.29 is 33.4 Å². The lowest BCUT2D eigenvalue weighted by molar-refractivity contribution is -0.179. The van der Waals surface area contributed by atoms with Crippen LogP contribution in [0.4, 0.5) is 0 Å². The SMILES string of the molecule is COC(=O)[C@]12CO[C@H](C(C)(C)C)N1C(=O)[C@@H](C(=O)N(C)OC)[C@@H]2OC. The molecule has 9 heteroatoms. The first-order valence-corrected chi connectivity index (χ1v) is 7.95. The number of carbonyl (C=O) groups is 3. The number of esters is 1. The number of hydrogen-bond donors (Lipinski definition) is 0. The summed E-state index contributed by atoms with van der Waals surface area (Å²) in [7, 11) is 5.29. The van der Waals surface area contributed by atoms with Crippen LogP contribution in [0.5, 0.6) is 0 Å². The third-order valence-corrected chi connectivity index (χ3v) is 4.79. The molecule has 0 bridgehead atoms. The molecule has 2 aliphatic rings. The zero-order valence-corrected chi connectivity index (χ0v) is 15.7. The molecule has 2 fully saturated rings. The topological polar surface area (TPSA) is 94.6 Å². The Balaban J connectivity index is 2.59. The molecule has 2 aliphatic heterocycles. The van der Waals surface area contributed by atoms with Crippen molar-refractivity contribution in [2.45, 2.75) is 38.6 Å². The Morgan fingerprint density at radius 3 is 2.32 bits per heavy atom. The molecule has 0 spiro atoms. The normalized spacial score (nSPS) is 31.9. The smallest absolute Gasteiger partial charge is 0.337 e. The van der Waals surface area contributed by atoms with Crippen LogP contribution in [0.3, 0.4) is 0 Å². The maximum absolute atomic E-state index is 13.2. The van der Waals surface area contributed by atoms with Gasteiger partial charge in [0.25, 0.3) is 5.91 Å². The average molecular weight is 358 g/mol. The van der Waals surface area contributed by atoms with E-state index in [9.17, 15) is 14.4 Å². The number of hydrogen-bond acceptors (Lipinski definition) is 7. The van der Waals surface area contributed by atoms with Crippen LogP contribution in [-0.2, 0) is 33.4 Å². The quantitative estimate of drug-likeness (QED) is 0.390. The first kappa shape index (κ1) is 19.6. The summed E-state index contributed by atoms with van der Waals surface area (Å²) in [5.74, 6) is -3.02. The van der Waals surface area contributed by atoms with Gasteiger partial charge in [-0.25, -0.2) is 9.86 Å². The van der Waals surface area contributed by atoms with Gasteiger partial charge in [-0.1, -0.05) is 20.8 Å². The van der Waals surface area contributed by atoms with Crippen molar-refractivity contribution in [3.8, 4) is 0 Å². The van der Waals surface area contributed by atoms with Crippen LogP contribution in [0, 0.1) is 11.3 Å². The van der Waals surface area contributed by atoms with Gasteiger partial charge < -0.3 is 14.2 Å². The number of methoxy groups -OCH3 is 2. The summed E-state index contributed by atoms with van der Waals surface area (Å²) in [6.45, 7) is 5.55. The summed E-state index contributed by atoms with van der Waals surface area (Å²) in [5, 5.41) is 0.953. The minimum Gasteiger partial charge on any atom is -0.467 e. The first-order chi connectivity index (χ1) is 11.6. The Kier molecular flexibility index (Phi) is 5.13. The molecule has 0 aliphatic carbocycles. The van der Waals surface area contributed by atoms with E-state index in [1.165, 1.54) is 33.3 Å². The van der Waals surface area contributed by atoms with E-state index in [1.54, 1.807) is 0 Å². The number of hydroxylamine groups is 2. The number of fused-ring (bicyclic) bond motifs is 1. The maximum atomic E-state index is 13.2. The minimum absolute atomic E-state index is 0.105. The van der Waals surface area contributed by atoms with E-state index >= 15 is 0 Å². The number of ether oxygens (including phenoxy) is 3. The van der Waals surface area contributed by atoms with Gasteiger partial charge in [0.2, 0.25) is 5.91 Å². The molecule has 0 N–H and O–H groups in total. The lowest BCUT2D eigenvalue weighted by atomic mass is 9.88. The number of rotatable bonds is 4. The molecule has 2 saturated heterocycles. The second-order valence-corrected chi connectivity index (χ2v) is 7.31. The number of carbonyl (C=O) groups excluding carboxylic acids is 3. The molecule has 2 heterocycles. The molecule has 2 amide bonds. The second-order valence-electron chi connectivity index (χ2n) is 7.31. The molecule has 0 radical (unpaired) electrons. The fourth-order valence-corrected chi connectivity index (χ4v) is 3.59. The van der Waals surface area contributed by atoms with Gasteiger partial charge in [-0.3, -0.25) is 19.3 Å². The zero-order chi connectivity index (χ0) is 19.2. The standard InChI is InChI=1S/C16H26N2O7/c1-15(2,3)13-18-12(20)9(11(19)17(4)24-7)10(22-5)16(18,8-25-13)14(21)23-6/h9-10,13H,8H2,1-7H3/t9-,10+,13-,16-/m1/s1. The lowest BCUT2D eigenvalue weighted by Gasteiger charge is -2.37. The average Bonchev–Trinajstić information content (AvgIpc) is 3.07. The summed E-state index contributed by atoms with van der Waals surface area (Å²) in [4.78, 5) is 44.7. The van der Waals surface area contributed by atoms with E-state index in [1.807, 2.05) is 20.8 Å². The Bertz CT molecular complexity index is 573. The van der Waals surface area contributed by atoms with Crippen LogP contribution in [0.15, 0.2) is 0 Å². The highest BCUT2D eigenvalue weighted by Gasteiger charge is 2.72. The van der Waals surface area contributed by atoms with Gasteiger partial charge >= 0.3 is 5.97 Å². The molecular weight excluding hydrogens is 332 g/mol. The van der Waals surface area contributed by atoms with Gasteiger partial charge in [0.1, 0.15) is 18.2 Å². The molecule has 2 rings (SSSR count). The number of amides is 2. The first-order valence-electron chi connectivity index (χ1n) is 7.95. The molecule has 0 aromatic carbocycles. The summed E-state index contributed by atoms with van der Waals surface area (Å²) in [6.07, 6.45) is -1.74. The molecule has 0 aromatic heterocycles. The van der Waals surface area contributed by atoms with E-state index < -0.39 is 47.0 Å². The maximum Gasteiger partial charge on any atom is 0.337 e. The van der Waals surface area contributed by atoms with Crippen molar-refractivity contribution in [3.63, 3.8) is 0 Å². The highest BCUT2D eigenvalue weighted by Crippen LogP contribution is 2.48. The van der Waals surface area contributed by atoms with Gasteiger partial charge in [0.05, 0.1) is 20.8 Å². The molecule has 142 valence electrons. The second kappa shape index (κ2) is 6.54. The largest absolute Gasteiger partial charge is 0.467 e. The molecular formula is C16H26N2O7. The Morgan fingerprint density at radius 2 is 1.88 bits per heavy atom. The molecule has 9 nitrogen and oxygen atoms in total. The van der Waals surface area contributed by atoms with Crippen molar-refractivity contribution in [3.05, 3.63) is 0 Å². The van der Waals surface area contributed by atoms with Crippen LogP contribution in [0.1, 0.15) is 20.8 Å². The third kappa shape index (κ3) is 2.70. The minimum atomic E-state index is -1.51. The van der Waals surface area contributed by atoms with Gasteiger partial charge in [0.15, 0.2) is 5.54 Å². The van der Waals surface area contributed by atoms with Gasteiger partial charge in [-0.15, -0.1) is 0 Å². The van der Waals surface area contributed by atoms with Crippen molar-refractivity contribution in [2.24, 2.45) is 11.3 Å². The molecule has 0 aromatic rings. The molecule has 0 saturated carbocycles.